The molecule has 0 heterocycles. The SMILES string of the molecule is CCCCCCC(=O)OC(CC(=O)OCC(=O)C1(OC(=O)CCCC)C(C)(O)CC2C3CCC4=CC(=O)C=CC4(C)C3(F)C(O)CC21C)C(=O)O. The van der Waals surface area contributed by atoms with Crippen molar-refractivity contribution in [2.45, 2.75) is 147 Å². The predicted molar refractivity (Wildman–Crippen MR) is 180 cm³/mol. The van der Waals surface area contributed by atoms with E-state index in [2.05, 4.69) is 0 Å². The molecule has 284 valence electrons. The minimum Gasteiger partial charge on any atom is -0.478 e. The van der Waals surface area contributed by atoms with Crippen LogP contribution in [-0.4, -0.2) is 86.4 Å². The predicted octanol–water partition coefficient (Wildman–Crippen LogP) is 4.66. The number of esters is 3. The van der Waals surface area contributed by atoms with E-state index in [4.69, 9.17) is 14.2 Å². The number of fused-ring (bicyclic) bond motifs is 5. The Kier molecular flexibility index (Phi) is 12.1. The standard InChI is InChI=1S/C38H53FO12/c1-6-8-10-11-13-30(43)50-27(33(46)47)19-32(45)49-22-29(42)38(51-31(44)12-9-7-2)35(4)21-28(41)37(39)25(26(35)20-36(38,5)48)15-14-23-18-24(40)16-17-34(23,37)3/h16-18,25-28,41,48H,6-15,19-22H2,1-5H3,(H,46,47). The Labute approximate surface area is 298 Å². The first-order valence-electron chi connectivity index (χ1n) is 18.2. The van der Waals surface area contributed by atoms with Gasteiger partial charge in [-0.25, -0.2) is 9.18 Å². The molecule has 9 unspecified atom stereocenters. The summed E-state index contributed by atoms with van der Waals surface area (Å²) in [6, 6.07) is 0. The molecule has 12 nitrogen and oxygen atoms in total. The zero-order valence-electron chi connectivity index (χ0n) is 30.3. The summed E-state index contributed by atoms with van der Waals surface area (Å²) in [6.45, 7) is 7.31. The molecule has 0 aromatic carbocycles. The van der Waals surface area contributed by atoms with Gasteiger partial charge in [-0.05, 0) is 70.4 Å². The first kappa shape index (κ1) is 40.3. The third-order valence-electron chi connectivity index (χ3n) is 12.1. The molecule has 0 spiro atoms. The van der Waals surface area contributed by atoms with E-state index in [9.17, 15) is 44.1 Å². The molecule has 0 aromatic rings. The number of alkyl halides is 1. The molecule has 13 heteroatoms. The van der Waals surface area contributed by atoms with E-state index in [1.165, 1.54) is 25.2 Å². The highest BCUT2D eigenvalue weighted by Gasteiger charge is 2.81. The average molecular weight is 721 g/mol. The highest BCUT2D eigenvalue weighted by Crippen LogP contribution is 2.72. The van der Waals surface area contributed by atoms with Crippen molar-refractivity contribution in [1.82, 2.24) is 0 Å². The monoisotopic (exact) mass is 720 g/mol. The highest BCUT2D eigenvalue weighted by molar-refractivity contribution is 6.01. The lowest BCUT2D eigenvalue weighted by Crippen LogP contribution is -2.71. The molecule has 4 rings (SSSR count). The van der Waals surface area contributed by atoms with Crippen LogP contribution in [0.2, 0.25) is 0 Å². The second-order valence-electron chi connectivity index (χ2n) is 15.4. The van der Waals surface area contributed by atoms with Crippen molar-refractivity contribution in [3.8, 4) is 0 Å². The molecule has 0 saturated heterocycles. The molecule has 4 aliphatic rings. The molecule has 0 bridgehead atoms. The molecule has 0 amide bonds. The lowest BCUT2D eigenvalue weighted by atomic mass is 9.44. The first-order valence-corrected chi connectivity index (χ1v) is 18.2. The third-order valence-corrected chi connectivity index (χ3v) is 12.1. The van der Waals surface area contributed by atoms with Crippen molar-refractivity contribution in [2.24, 2.45) is 22.7 Å². The summed E-state index contributed by atoms with van der Waals surface area (Å²) in [7, 11) is 0. The van der Waals surface area contributed by atoms with Gasteiger partial charge in [0, 0.05) is 29.6 Å². The Balaban J connectivity index is 1.63. The molecule has 3 fully saturated rings. The van der Waals surface area contributed by atoms with E-state index in [1.807, 2.05) is 13.8 Å². The first-order chi connectivity index (χ1) is 23.8. The number of ether oxygens (including phenoxy) is 3. The second-order valence-corrected chi connectivity index (χ2v) is 15.4. The maximum absolute atomic E-state index is 17.8. The van der Waals surface area contributed by atoms with Gasteiger partial charge in [-0.2, -0.15) is 0 Å². The highest BCUT2D eigenvalue weighted by atomic mass is 19.1. The van der Waals surface area contributed by atoms with Gasteiger partial charge in [0.2, 0.25) is 17.5 Å². The van der Waals surface area contributed by atoms with Crippen LogP contribution >= 0.6 is 0 Å². The molecule has 3 N–H and O–H groups in total. The van der Waals surface area contributed by atoms with E-state index >= 15 is 4.39 Å². The van der Waals surface area contributed by atoms with Gasteiger partial charge < -0.3 is 29.5 Å². The summed E-state index contributed by atoms with van der Waals surface area (Å²) >= 11 is 0. The molecule has 4 aliphatic carbocycles. The number of unbranched alkanes of at least 4 members (excludes halogenated alkanes) is 4. The van der Waals surface area contributed by atoms with Gasteiger partial charge in [0.25, 0.3) is 0 Å². The lowest BCUT2D eigenvalue weighted by molar-refractivity contribution is -0.240. The molecule has 3 saturated carbocycles. The summed E-state index contributed by atoms with van der Waals surface area (Å²) in [4.78, 5) is 77.0. The van der Waals surface area contributed by atoms with Gasteiger partial charge in [0.05, 0.1) is 12.5 Å². The molecule has 9 atom stereocenters. The summed E-state index contributed by atoms with van der Waals surface area (Å²) in [6.07, 6.45) is 3.52. The van der Waals surface area contributed by atoms with Crippen molar-refractivity contribution in [3.63, 3.8) is 0 Å². The maximum atomic E-state index is 17.8. The van der Waals surface area contributed by atoms with E-state index in [-0.39, 0.29) is 31.5 Å². The number of carboxylic acids is 1. The Morgan fingerprint density at radius 3 is 2.25 bits per heavy atom. The number of aliphatic hydroxyl groups excluding tert-OH is 1. The normalized spacial score (nSPS) is 35.8. The summed E-state index contributed by atoms with van der Waals surface area (Å²) in [5, 5.41) is 33.6. The van der Waals surface area contributed by atoms with Crippen LogP contribution in [0.25, 0.3) is 0 Å². The Morgan fingerprint density at radius 2 is 1.61 bits per heavy atom. The minimum atomic E-state index is -2.40. The molecule has 0 radical (unpaired) electrons. The van der Waals surface area contributed by atoms with Gasteiger partial charge in [-0.15, -0.1) is 0 Å². The van der Waals surface area contributed by atoms with Gasteiger partial charge in [-0.3, -0.25) is 24.0 Å². The molecule has 51 heavy (non-hydrogen) atoms. The van der Waals surface area contributed by atoms with E-state index in [0.717, 1.165) is 19.3 Å². The largest absolute Gasteiger partial charge is 0.478 e. The number of allylic oxidation sites excluding steroid dienone is 4. The molecule has 0 aromatic heterocycles. The van der Waals surface area contributed by atoms with Crippen LogP contribution in [0.3, 0.4) is 0 Å². The van der Waals surface area contributed by atoms with Crippen molar-refractivity contribution in [1.29, 1.82) is 0 Å². The summed E-state index contributed by atoms with van der Waals surface area (Å²) in [5.41, 5.74) is -9.17. The van der Waals surface area contributed by atoms with Crippen molar-refractivity contribution < 1.29 is 62.7 Å². The van der Waals surface area contributed by atoms with Crippen LogP contribution in [0.15, 0.2) is 23.8 Å². The fraction of sp³-hybridized carbons (Fsp3) is 0.737. The van der Waals surface area contributed by atoms with Crippen LogP contribution in [0.1, 0.15) is 118 Å². The smallest absolute Gasteiger partial charge is 0.345 e. The number of carbonyl (C=O) groups is 6. The third kappa shape index (κ3) is 7.04. The van der Waals surface area contributed by atoms with Crippen LogP contribution in [-0.2, 0) is 43.0 Å². The molecular formula is C38H53FO12. The van der Waals surface area contributed by atoms with Crippen LogP contribution in [0.4, 0.5) is 4.39 Å². The minimum absolute atomic E-state index is 0.0315. The number of ketones is 2. The van der Waals surface area contributed by atoms with E-state index in [0.29, 0.717) is 31.3 Å². The lowest BCUT2D eigenvalue weighted by Gasteiger charge is -2.62. The number of carbonyl (C=O) groups excluding carboxylic acids is 5. The zero-order chi connectivity index (χ0) is 38.0. The van der Waals surface area contributed by atoms with Crippen molar-refractivity contribution in [2.75, 3.05) is 6.61 Å². The van der Waals surface area contributed by atoms with Crippen LogP contribution < -0.4 is 0 Å². The number of halogens is 1. The number of carboxylic acid groups (broad SMARTS) is 1. The van der Waals surface area contributed by atoms with Crippen molar-refractivity contribution >= 4 is 35.4 Å². The molecular weight excluding hydrogens is 667 g/mol. The average Bonchev–Trinajstić information content (AvgIpc) is 3.23. The Bertz CT molecular complexity index is 1470. The van der Waals surface area contributed by atoms with E-state index < -0.39 is 101 Å². The number of hydrogen-bond acceptors (Lipinski definition) is 11. The van der Waals surface area contributed by atoms with Gasteiger partial charge in [0.1, 0.15) is 5.60 Å². The Morgan fingerprint density at radius 1 is 0.941 bits per heavy atom. The Hall–Kier alpha value is -3.45. The summed E-state index contributed by atoms with van der Waals surface area (Å²) in [5.74, 6) is -7.41. The van der Waals surface area contributed by atoms with Gasteiger partial charge in [-0.1, -0.05) is 58.1 Å². The van der Waals surface area contributed by atoms with Gasteiger partial charge in [0.15, 0.2) is 18.1 Å². The number of rotatable bonds is 16. The number of aliphatic carboxylic acids is 1. The number of aliphatic hydroxyl groups is 2. The van der Waals surface area contributed by atoms with Crippen LogP contribution in [0, 0.1) is 22.7 Å². The fourth-order valence-corrected chi connectivity index (χ4v) is 9.53. The van der Waals surface area contributed by atoms with Crippen LogP contribution in [0.5, 0.6) is 0 Å². The zero-order valence-corrected chi connectivity index (χ0v) is 30.3. The molecule has 0 aliphatic heterocycles. The summed E-state index contributed by atoms with van der Waals surface area (Å²) < 4.78 is 34.0. The van der Waals surface area contributed by atoms with Gasteiger partial charge >= 0.3 is 23.9 Å². The quantitative estimate of drug-likeness (QED) is 0.114. The topological polar surface area (TPSA) is 191 Å². The number of hydrogen-bond donors (Lipinski definition) is 3. The fourth-order valence-electron chi connectivity index (χ4n) is 9.53. The maximum Gasteiger partial charge on any atom is 0.345 e. The second kappa shape index (κ2) is 15.3. The van der Waals surface area contributed by atoms with E-state index in [1.54, 1.807) is 13.8 Å². The van der Waals surface area contributed by atoms with Crippen molar-refractivity contribution in [3.05, 3.63) is 23.8 Å². The number of Topliss-reactive ketones (excluding diaryl/α,β-unsaturated/α-hetero) is 1.